The van der Waals surface area contributed by atoms with Crippen molar-refractivity contribution in [1.82, 2.24) is 10.3 Å². The number of ketones is 2. The molecule has 0 amide bonds. The molecule has 6 aromatic rings. The number of aliphatic hydroxyl groups is 1. The third-order valence-corrected chi connectivity index (χ3v) is 6.36. The number of Topliss-reactive ketones (excluding diaryl/α,β-unsaturated/α-hetero) is 2. The normalized spacial score (nSPS) is 9.91. The molecule has 0 fully saturated rings. The van der Waals surface area contributed by atoms with Crippen LogP contribution < -0.4 is 5.90 Å². The van der Waals surface area contributed by atoms with Gasteiger partial charge in [-0.1, -0.05) is 27.6 Å². The van der Waals surface area contributed by atoms with E-state index in [1.54, 1.807) is 37.3 Å². The molecule has 0 radical (unpaired) electrons. The Morgan fingerprint density at radius 3 is 1.42 bits per heavy atom. The number of aldehydes is 1. The fourth-order valence-corrected chi connectivity index (χ4v) is 3.60. The fourth-order valence-electron chi connectivity index (χ4n) is 3.60. The lowest BCUT2D eigenvalue weighted by Gasteiger charge is -1.94. The van der Waals surface area contributed by atoms with Gasteiger partial charge in [0, 0.05) is 42.7 Å². The van der Waals surface area contributed by atoms with Crippen LogP contribution in [0.4, 0.5) is 17.6 Å². The van der Waals surface area contributed by atoms with E-state index in [-0.39, 0.29) is 53.0 Å². The summed E-state index contributed by atoms with van der Waals surface area (Å²) in [5.41, 5.74) is 3.76. The minimum Gasteiger partial charge on any atom is -0.411 e. The van der Waals surface area contributed by atoms with E-state index in [0.717, 1.165) is 5.56 Å². The first kappa shape index (κ1) is 50.2. The van der Waals surface area contributed by atoms with E-state index >= 15 is 0 Å². The Hall–Kier alpha value is -6.77. The smallest absolute Gasteiger partial charge is 0.202 e. The molecule has 57 heavy (non-hydrogen) atoms. The Morgan fingerprint density at radius 1 is 0.737 bits per heavy atom. The molecule has 6 rings (SSSR count). The van der Waals surface area contributed by atoms with Gasteiger partial charge in [-0.2, -0.15) is 0 Å². The van der Waals surface area contributed by atoms with E-state index in [1.165, 1.54) is 98.9 Å². The zero-order chi connectivity index (χ0) is 42.0. The van der Waals surface area contributed by atoms with Gasteiger partial charge in [0.2, 0.25) is 11.5 Å². The monoisotopic (exact) mass is 812 g/mol. The Labute approximate surface area is 330 Å². The molecule has 0 spiro atoms. The van der Waals surface area contributed by atoms with Crippen LogP contribution in [0.1, 0.15) is 59.1 Å². The largest absolute Gasteiger partial charge is 0.411 e. The standard InChI is InChI=1S/C11H10FNO2.C11H8FNO2.C7H6FNO.C7H5FO.C4H4O.ClH.H3NO/c2*1-7(14)11-6-10(13-15-11)8-2-4-9(12)5-3-8;8-7-3-1-6(2-4-7)5-9-10;8-7-3-1-6(5-9)2-4-7;1-3-4(2)5;;1-2/h2-7,14H,1H3;2-6H,1H3;1-5,10H;1-5H;1H,2H3;1H;2H,1H2/b;;9-5+;;;;. The predicted octanol–water partition coefficient (Wildman–Crippen LogP) is 8.45. The molecule has 0 aliphatic carbocycles. The first-order chi connectivity index (χ1) is 26.8. The number of carbonyl (C=O) groups is 3. The maximum Gasteiger partial charge on any atom is 0.202 e. The zero-order valence-corrected chi connectivity index (χ0v) is 31.2. The van der Waals surface area contributed by atoms with Crippen LogP contribution in [0.5, 0.6) is 0 Å². The Bertz CT molecular complexity index is 2140. The second-order valence-corrected chi connectivity index (χ2v) is 10.6. The van der Waals surface area contributed by atoms with Crippen molar-refractivity contribution < 1.29 is 56.5 Å². The first-order valence-corrected chi connectivity index (χ1v) is 15.8. The van der Waals surface area contributed by atoms with Crippen LogP contribution in [-0.4, -0.2) is 49.9 Å². The molecule has 0 aliphatic rings. The van der Waals surface area contributed by atoms with Gasteiger partial charge >= 0.3 is 0 Å². The molecule has 1 unspecified atom stereocenters. The summed E-state index contributed by atoms with van der Waals surface area (Å²) in [6.45, 7) is 4.34. The lowest BCUT2D eigenvalue weighted by Crippen LogP contribution is -1.86. The highest BCUT2D eigenvalue weighted by molar-refractivity contribution is 5.92. The van der Waals surface area contributed by atoms with Crippen LogP contribution in [0.2, 0.25) is 0 Å². The minimum absolute atomic E-state index is 0. The third kappa shape index (κ3) is 19.9. The summed E-state index contributed by atoms with van der Waals surface area (Å²) in [7, 11) is 0. The molecule has 2 heterocycles. The number of rotatable bonds is 6. The maximum absolute atomic E-state index is 12.7. The van der Waals surface area contributed by atoms with Crippen molar-refractivity contribution in [3.8, 4) is 34.9 Å². The molecule has 5 N–H and O–H groups in total. The van der Waals surface area contributed by atoms with Crippen molar-refractivity contribution in [3.63, 3.8) is 0 Å². The molecule has 2 aromatic heterocycles. The molecule has 17 heteroatoms. The van der Waals surface area contributed by atoms with Crippen molar-refractivity contribution in [2.75, 3.05) is 0 Å². The van der Waals surface area contributed by atoms with Crippen LogP contribution in [0.3, 0.4) is 0 Å². The number of benzene rings is 4. The highest BCUT2D eigenvalue weighted by atomic mass is 35.5. The topological polar surface area (TPSA) is 202 Å². The maximum atomic E-state index is 12.7. The number of nitrogens with zero attached hydrogens (tertiary/aromatic N) is 3. The van der Waals surface area contributed by atoms with Crippen molar-refractivity contribution in [3.05, 3.63) is 155 Å². The van der Waals surface area contributed by atoms with Gasteiger partial charge in [0.15, 0.2) is 11.5 Å². The minimum atomic E-state index is -0.688. The molecule has 12 nitrogen and oxygen atoms in total. The summed E-state index contributed by atoms with van der Waals surface area (Å²) in [5.74, 6) is 4.37. The quantitative estimate of drug-likeness (QED) is 0.0184. The van der Waals surface area contributed by atoms with E-state index in [1.807, 2.05) is 5.92 Å². The summed E-state index contributed by atoms with van der Waals surface area (Å²) in [6, 6.07) is 25.9. The van der Waals surface area contributed by atoms with E-state index in [4.69, 9.17) is 19.5 Å². The lowest BCUT2D eigenvalue weighted by atomic mass is 10.1. The lowest BCUT2D eigenvalue weighted by molar-refractivity contribution is -0.111. The zero-order valence-electron chi connectivity index (χ0n) is 30.4. The average Bonchev–Trinajstić information content (AvgIpc) is 3.91. The molecule has 0 saturated heterocycles. The Kier molecular flexibility index (Phi) is 24.5. The van der Waals surface area contributed by atoms with Gasteiger partial charge in [-0.3, -0.25) is 14.4 Å². The van der Waals surface area contributed by atoms with Gasteiger partial charge in [-0.15, -0.1) is 18.8 Å². The summed E-state index contributed by atoms with van der Waals surface area (Å²) >= 11 is 0. The number of terminal acetylenes is 1. The van der Waals surface area contributed by atoms with Gasteiger partial charge in [-0.05, 0) is 103 Å². The summed E-state index contributed by atoms with van der Waals surface area (Å²) in [5, 5.41) is 34.1. The molecule has 1 atom stereocenters. The highest BCUT2D eigenvalue weighted by Gasteiger charge is 2.11. The van der Waals surface area contributed by atoms with E-state index in [9.17, 15) is 37.1 Å². The molecule has 300 valence electrons. The third-order valence-electron chi connectivity index (χ3n) is 6.36. The molecule has 0 bridgehead atoms. The molecule has 0 aliphatic heterocycles. The number of aliphatic hydroxyl groups excluding tert-OH is 1. The number of hydrogen-bond acceptors (Lipinski definition) is 12. The van der Waals surface area contributed by atoms with Crippen molar-refractivity contribution in [2.24, 2.45) is 11.1 Å². The Morgan fingerprint density at radius 2 is 1.11 bits per heavy atom. The van der Waals surface area contributed by atoms with E-state index < -0.39 is 6.10 Å². The van der Waals surface area contributed by atoms with Crippen LogP contribution in [0.25, 0.3) is 22.5 Å². The first-order valence-electron chi connectivity index (χ1n) is 15.8. The van der Waals surface area contributed by atoms with Crippen molar-refractivity contribution in [2.45, 2.75) is 26.9 Å². The van der Waals surface area contributed by atoms with Crippen LogP contribution in [0.15, 0.2) is 123 Å². The van der Waals surface area contributed by atoms with Gasteiger partial charge in [0.1, 0.15) is 47.0 Å². The molecular formula is C40H37ClF4N4O8. The SMILES string of the molecule is C#CC(C)=O.CC(=O)c1cc(-c2ccc(F)cc2)no1.CC(O)c1cc(-c2ccc(F)cc2)no1.Cl.NO.O/N=C/c1ccc(F)cc1.O=Cc1ccc(F)cc1. The number of carbonyl (C=O) groups excluding carboxylic acids is 3. The van der Waals surface area contributed by atoms with Crippen molar-refractivity contribution >= 4 is 36.5 Å². The van der Waals surface area contributed by atoms with Crippen molar-refractivity contribution in [1.29, 1.82) is 0 Å². The molecule has 0 saturated carbocycles. The second kappa shape index (κ2) is 27.8. The number of halogens is 5. The summed E-state index contributed by atoms with van der Waals surface area (Å²) < 4.78 is 59.4. The number of oxime groups is 1. The average molecular weight is 813 g/mol. The van der Waals surface area contributed by atoms with Gasteiger partial charge < -0.3 is 24.6 Å². The predicted molar refractivity (Wildman–Crippen MR) is 205 cm³/mol. The summed E-state index contributed by atoms with van der Waals surface area (Å²) in [4.78, 5) is 30.5. The van der Waals surface area contributed by atoms with E-state index in [2.05, 4.69) is 27.8 Å². The molecule has 4 aromatic carbocycles. The van der Waals surface area contributed by atoms with Gasteiger partial charge in [0.25, 0.3) is 0 Å². The Balaban J connectivity index is 0.000000704. The van der Waals surface area contributed by atoms with Crippen LogP contribution >= 0.6 is 12.4 Å². The number of aromatic nitrogens is 2. The fraction of sp³-hybridized carbons (Fsp3) is 0.100. The summed E-state index contributed by atoms with van der Waals surface area (Å²) in [6.07, 6.45) is 5.80. The van der Waals surface area contributed by atoms with Crippen LogP contribution in [-0.2, 0) is 4.79 Å². The number of nitrogens with two attached hydrogens (primary N) is 1. The van der Waals surface area contributed by atoms with E-state index in [0.29, 0.717) is 40.1 Å². The second-order valence-electron chi connectivity index (χ2n) is 10.6. The highest BCUT2D eigenvalue weighted by Crippen LogP contribution is 2.22. The molecular weight excluding hydrogens is 776 g/mol. The van der Waals surface area contributed by atoms with Gasteiger partial charge in [-0.25, -0.2) is 23.5 Å². The number of hydrogen-bond donors (Lipinski definition) is 4. The van der Waals surface area contributed by atoms with Crippen LogP contribution in [0, 0.1) is 35.6 Å². The van der Waals surface area contributed by atoms with Gasteiger partial charge in [0.05, 0.1) is 6.21 Å².